The Bertz CT molecular complexity index is 664. The SMILES string of the molecule is Cc1ccc(C(=O)Oc2c(I)cc(I)cc2C=O)cc1. The molecule has 0 atom stereocenters. The van der Waals surface area contributed by atoms with Crippen molar-refractivity contribution in [1.82, 2.24) is 0 Å². The molecule has 0 saturated heterocycles. The summed E-state index contributed by atoms with van der Waals surface area (Å²) in [4.78, 5) is 23.2. The van der Waals surface area contributed by atoms with E-state index in [2.05, 4.69) is 45.2 Å². The van der Waals surface area contributed by atoms with Gasteiger partial charge in [-0.3, -0.25) is 4.79 Å². The molecule has 0 N–H and O–H groups in total. The molecule has 0 heterocycles. The Balaban J connectivity index is 2.32. The number of hydrogen-bond acceptors (Lipinski definition) is 3. The molecule has 0 aliphatic heterocycles. The molecular formula is C15H10I2O3. The Kier molecular flexibility index (Phi) is 5.14. The van der Waals surface area contributed by atoms with Crippen molar-refractivity contribution in [2.75, 3.05) is 0 Å². The van der Waals surface area contributed by atoms with E-state index in [0.717, 1.165) is 12.7 Å². The van der Waals surface area contributed by atoms with Gasteiger partial charge < -0.3 is 4.74 Å². The van der Waals surface area contributed by atoms with Crippen molar-refractivity contribution in [3.63, 3.8) is 0 Å². The van der Waals surface area contributed by atoms with Crippen LogP contribution in [0.4, 0.5) is 0 Å². The number of rotatable bonds is 3. The van der Waals surface area contributed by atoms with Gasteiger partial charge in [-0.05, 0) is 76.4 Å². The first-order valence-electron chi connectivity index (χ1n) is 5.74. The highest BCUT2D eigenvalue weighted by molar-refractivity contribution is 14.1. The number of halogens is 2. The Morgan fingerprint density at radius 1 is 1.15 bits per heavy atom. The molecule has 20 heavy (non-hydrogen) atoms. The van der Waals surface area contributed by atoms with E-state index in [1.165, 1.54) is 0 Å². The molecule has 0 fully saturated rings. The van der Waals surface area contributed by atoms with Crippen LogP contribution in [0.25, 0.3) is 0 Å². The smallest absolute Gasteiger partial charge is 0.343 e. The molecule has 0 amide bonds. The van der Waals surface area contributed by atoms with Gasteiger partial charge in [0.15, 0.2) is 12.0 Å². The van der Waals surface area contributed by atoms with E-state index in [-0.39, 0.29) is 0 Å². The molecular weight excluding hydrogens is 482 g/mol. The minimum Gasteiger partial charge on any atom is -0.421 e. The van der Waals surface area contributed by atoms with Crippen LogP contribution in [-0.4, -0.2) is 12.3 Å². The molecule has 0 spiro atoms. The minimum atomic E-state index is -0.466. The summed E-state index contributed by atoms with van der Waals surface area (Å²) in [7, 11) is 0. The fourth-order valence-corrected chi connectivity index (χ4v) is 3.62. The van der Waals surface area contributed by atoms with Crippen LogP contribution in [0.1, 0.15) is 26.3 Å². The van der Waals surface area contributed by atoms with Crippen molar-refractivity contribution in [2.45, 2.75) is 6.92 Å². The van der Waals surface area contributed by atoms with E-state index in [1.807, 2.05) is 25.1 Å². The van der Waals surface area contributed by atoms with Gasteiger partial charge in [-0.1, -0.05) is 17.7 Å². The van der Waals surface area contributed by atoms with Crippen LogP contribution in [0.5, 0.6) is 5.75 Å². The quantitative estimate of drug-likeness (QED) is 0.279. The van der Waals surface area contributed by atoms with Crippen LogP contribution < -0.4 is 4.74 Å². The molecule has 2 aromatic rings. The molecule has 0 saturated carbocycles. The number of carbonyl (C=O) groups is 2. The third kappa shape index (κ3) is 3.57. The van der Waals surface area contributed by atoms with E-state index < -0.39 is 5.97 Å². The van der Waals surface area contributed by atoms with Crippen LogP contribution in [-0.2, 0) is 0 Å². The fourth-order valence-electron chi connectivity index (χ4n) is 1.62. The minimum absolute atomic E-state index is 0.312. The molecule has 0 aromatic heterocycles. The lowest BCUT2D eigenvalue weighted by atomic mass is 10.1. The van der Waals surface area contributed by atoms with Crippen molar-refractivity contribution < 1.29 is 14.3 Å². The van der Waals surface area contributed by atoms with Gasteiger partial charge in [0.1, 0.15) is 0 Å². The highest BCUT2D eigenvalue weighted by atomic mass is 127. The molecule has 0 aliphatic carbocycles. The average molecular weight is 492 g/mol. The van der Waals surface area contributed by atoms with Crippen LogP contribution in [0.3, 0.4) is 0 Å². The molecule has 5 heteroatoms. The maximum atomic E-state index is 12.1. The Labute approximate surface area is 144 Å². The summed E-state index contributed by atoms with van der Waals surface area (Å²) in [5.41, 5.74) is 1.91. The lowest BCUT2D eigenvalue weighted by molar-refractivity contribution is 0.0732. The molecule has 2 rings (SSSR count). The van der Waals surface area contributed by atoms with Gasteiger partial charge in [0.05, 0.1) is 14.7 Å². The predicted molar refractivity (Wildman–Crippen MR) is 93.4 cm³/mol. The molecule has 2 aromatic carbocycles. The van der Waals surface area contributed by atoms with Crippen molar-refractivity contribution >= 4 is 57.4 Å². The standard InChI is InChI=1S/C15H10I2O3/c1-9-2-4-10(5-3-9)15(19)20-14-11(8-18)6-12(16)7-13(14)17/h2-8H,1H3. The van der Waals surface area contributed by atoms with E-state index in [1.54, 1.807) is 18.2 Å². The maximum absolute atomic E-state index is 12.1. The molecule has 0 radical (unpaired) electrons. The first-order chi connectivity index (χ1) is 9.51. The number of benzene rings is 2. The van der Waals surface area contributed by atoms with Crippen LogP contribution in [0.2, 0.25) is 0 Å². The normalized spacial score (nSPS) is 10.2. The summed E-state index contributed by atoms with van der Waals surface area (Å²) in [6.45, 7) is 1.95. The summed E-state index contributed by atoms with van der Waals surface area (Å²) in [5.74, 6) is -0.154. The van der Waals surface area contributed by atoms with Gasteiger partial charge in [0.25, 0.3) is 0 Å². The third-order valence-electron chi connectivity index (χ3n) is 2.65. The second kappa shape index (κ2) is 6.66. The number of hydrogen-bond donors (Lipinski definition) is 0. The number of carbonyl (C=O) groups excluding carboxylic acids is 2. The molecule has 0 unspecified atom stereocenters. The summed E-state index contributed by atoms with van der Waals surface area (Å²) >= 11 is 4.17. The van der Waals surface area contributed by atoms with Crippen LogP contribution >= 0.6 is 45.2 Å². The Morgan fingerprint density at radius 3 is 2.40 bits per heavy atom. The Morgan fingerprint density at radius 2 is 1.80 bits per heavy atom. The van der Waals surface area contributed by atoms with Gasteiger partial charge >= 0.3 is 5.97 Å². The lowest BCUT2D eigenvalue weighted by Gasteiger charge is -2.09. The molecule has 0 aliphatic rings. The predicted octanol–water partition coefficient (Wildman–Crippen LogP) is 4.24. The van der Waals surface area contributed by atoms with Crippen LogP contribution in [0, 0.1) is 14.1 Å². The van der Waals surface area contributed by atoms with Gasteiger partial charge in [-0.2, -0.15) is 0 Å². The maximum Gasteiger partial charge on any atom is 0.343 e. The first-order valence-corrected chi connectivity index (χ1v) is 7.90. The van der Waals surface area contributed by atoms with E-state index in [0.29, 0.717) is 23.2 Å². The van der Waals surface area contributed by atoms with E-state index >= 15 is 0 Å². The number of aryl methyl sites for hydroxylation is 1. The summed E-state index contributed by atoms with van der Waals surface area (Å²) in [5, 5.41) is 0. The van der Waals surface area contributed by atoms with Gasteiger partial charge in [0, 0.05) is 3.57 Å². The zero-order valence-corrected chi connectivity index (χ0v) is 14.8. The highest BCUT2D eigenvalue weighted by Crippen LogP contribution is 2.28. The molecule has 102 valence electrons. The second-order valence-corrected chi connectivity index (χ2v) is 6.59. The number of aldehydes is 1. The number of esters is 1. The van der Waals surface area contributed by atoms with Crippen molar-refractivity contribution in [3.05, 3.63) is 60.2 Å². The number of ether oxygens (including phenoxy) is 1. The van der Waals surface area contributed by atoms with Gasteiger partial charge in [-0.15, -0.1) is 0 Å². The zero-order valence-electron chi connectivity index (χ0n) is 10.5. The lowest BCUT2D eigenvalue weighted by Crippen LogP contribution is -2.11. The highest BCUT2D eigenvalue weighted by Gasteiger charge is 2.15. The topological polar surface area (TPSA) is 43.4 Å². The summed E-state index contributed by atoms with van der Waals surface area (Å²) in [6.07, 6.45) is 0.697. The van der Waals surface area contributed by atoms with Gasteiger partial charge in [0.2, 0.25) is 0 Å². The molecule has 0 bridgehead atoms. The van der Waals surface area contributed by atoms with E-state index in [4.69, 9.17) is 4.74 Å². The average Bonchev–Trinajstić information content (AvgIpc) is 2.42. The second-order valence-electron chi connectivity index (χ2n) is 4.18. The van der Waals surface area contributed by atoms with E-state index in [9.17, 15) is 9.59 Å². The molecule has 3 nitrogen and oxygen atoms in total. The zero-order chi connectivity index (χ0) is 14.7. The Hall–Kier alpha value is -0.960. The summed E-state index contributed by atoms with van der Waals surface area (Å²) in [6, 6.07) is 10.6. The van der Waals surface area contributed by atoms with Crippen molar-refractivity contribution in [1.29, 1.82) is 0 Å². The summed E-state index contributed by atoms with van der Waals surface area (Å²) < 4.78 is 7.02. The first kappa shape index (κ1) is 15.4. The third-order valence-corrected chi connectivity index (χ3v) is 4.07. The van der Waals surface area contributed by atoms with Crippen molar-refractivity contribution in [3.8, 4) is 5.75 Å². The van der Waals surface area contributed by atoms with Crippen molar-refractivity contribution in [2.24, 2.45) is 0 Å². The van der Waals surface area contributed by atoms with Gasteiger partial charge in [-0.25, -0.2) is 4.79 Å². The monoisotopic (exact) mass is 492 g/mol. The van der Waals surface area contributed by atoms with Crippen LogP contribution in [0.15, 0.2) is 36.4 Å². The largest absolute Gasteiger partial charge is 0.421 e. The fraction of sp³-hybridized carbons (Fsp3) is 0.0667.